The normalized spacial score (nSPS) is 12.6. The van der Waals surface area contributed by atoms with Crippen molar-refractivity contribution in [1.82, 2.24) is 5.32 Å². The molecule has 90 valence electrons. The van der Waals surface area contributed by atoms with Gasteiger partial charge in [-0.3, -0.25) is 4.79 Å². The molecule has 1 aromatic heterocycles. The zero-order valence-electron chi connectivity index (χ0n) is 9.57. The monoisotopic (exact) mass is 267 g/mol. The minimum Gasteiger partial charge on any atom is -0.347 e. The lowest BCUT2D eigenvalue weighted by Crippen LogP contribution is -2.35. The number of alkyl halides is 1. The standard InChI is InChI=1S/C13H14ClNOS/c1-2-10(8-14)15-13(16)12-7-9-5-3-4-6-11(9)17-12/h3-7,10H,2,8H2,1H3,(H,15,16). The number of thiophene rings is 1. The quantitative estimate of drug-likeness (QED) is 0.842. The highest BCUT2D eigenvalue weighted by molar-refractivity contribution is 7.20. The molecule has 0 aliphatic carbocycles. The van der Waals surface area contributed by atoms with Gasteiger partial charge >= 0.3 is 0 Å². The van der Waals surface area contributed by atoms with Crippen LogP contribution >= 0.6 is 22.9 Å². The SMILES string of the molecule is CCC(CCl)NC(=O)c1cc2ccccc2s1. The number of hydrogen-bond donors (Lipinski definition) is 1. The number of carbonyl (C=O) groups excluding carboxylic acids is 1. The van der Waals surface area contributed by atoms with Crippen molar-refractivity contribution in [1.29, 1.82) is 0 Å². The molecule has 2 rings (SSSR count). The molecule has 1 atom stereocenters. The van der Waals surface area contributed by atoms with Crippen LogP contribution in [0.15, 0.2) is 30.3 Å². The molecule has 1 amide bonds. The molecule has 1 heterocycles. The van der Waals surface area contributed by atoms with Crippen LogP contribution in [0.4, 0.5) is 0 Å². The number of carbonyl (C=O) groups is 1. The second kappa shape index (κ2) is 5.52. The van der Waals surface area contributed by atoms with Gasteiger partial charge in [0.15, 0.2) is 0 Å². The summed E-state index contributed by atoms with van der Waals surface area (Å²) in [4.78, 5) is 12.7. The maximum atomic E-state index is 12.0. The molecule has 0 aliphatic rings. The lowest BCUT2D eigenvalue weighted by molar-refractivity contribution is 0.0944. The van der Waals surface area contributed by atoms with Crippen LogP contribution in [0.5, 0.6) is 0 Å². The van der Waals surface area contributed by atoms with Gasteiger partial charge in [0, 0.05) is 16.6 Å². The van der Waals surface area contributed by atoms with Crippen LogP contribution in [0.25, 0.3) is 10.1 Å². The third kappa shape index (κ3) is 2.79. The first kappa shape index (κ1) is 12.4. The minimum atomic E-state index is -0.0290. The van der Waals surface area contributed by atoms with E-state index in [4.69, 9.17) is 11.6 Å². The van der Waals surface area contributed by atoms with E-state index in [0.29, 0.717) is 5.88 Å². The van der Waals surface area contributed by atoms with E-state index in [1.54, 1.807) is 0 Å². The van der Waals surface area contributed by atoms with Crippen molar-refractivity contribution in [3.8, 4) is 0 Å². The van der Waals surface area contributed by atoms with Crippen molar-refractivity contribution < 1.29 is 4.79 Å². The first-order valence-corrected chi connectivity index (χ1v) is 6.95. The second-order valence-corrected chi connectivity index (χ2v) is 5.27. The molecule has 2 aromatic rings. The lowest BCUT2D eigenvalue weighted by atomic mass is 10.2. The van der Waals surface area contributed by atoms with Gasteiger partial charge in [0.25, 0.3) is 5.91 Å². The Morgan fingerprint density at radius 3 is 2.88 bits per heavy atom. The topological polar surface area (TPSA) is 29.1 Å². The minimum absolute atomic E-state index is 0.0290. The zero-order valence-corrected chi connectivity index (χ0v) is 11.1. The van der Waals surface area contributed by atoms with Crippen LogP contribution in [0, 0.1) is 0 Å². The Morgan fingerprint density at radius 2 is 2.24 bits per heavy atom. The van der Waals surface area contributed by atoms with Crippen molar-refractivity contribution in [3.63, 3.8) is 0 Å². The van der Waals surface area contributed by atoms with Crippen LogP contribution in [-0.2, 0) is 0 Å². The number of amides is 1. The number of halogens is 1. The molecule has 17 heavy (non-hydrogen) atoms. The van der Waals surface area contributed by atoms with Gasteiger partial charge in [-0.05, 0) is 23.9 Å². The third-order valence-corrected chi connectivity index (χ3v) is 4.15. The fraction of sp³-hybridized carbons (Fsp3) is 0.308. The highest BCUT2D eigenvalue weighted by Crippen LogP contribution is 2.25. The summed E-state index contributed by atoms with van der Waals surface area (Å²) in [5.74, 6) is 0.423. The van der Waals surface area contributed by atoms with Gasteiger partial charge in [0.2, 0.25) is 0 Å². The molecule has 2 nitrogen and oxygen atoms in total. The van der Waals surface area contributed by atoms with Crippen molar-refractivity contribution in [2.24, 2.45) is 0 Å². The highest BCUT2D eigenvalue weighted by Gasteiger charge is 2.13. The number of fused-ring (bicyclic) bond motifs is 1. The Hall–Kier alpha value is -1.06. The summed E-state index contributed by atoms with van der Waals surface area (Å²) < 4.78 is 1.14. The number of rotatable bonds is 4. The van der Waals surface area contributed by atoms with Crippen molar-refractivity contribution in [3.05, 3.63) is 35.2 Å². The van der Waals surface area contributed by atoms with Gasteiger partial charge in [-0.1, -0.05) is 25.1 Å². The van der Waals surface area contributed by atoms with Crippen LogP contribution in [0.2, 0.25) is 0 Å². The largest absolute Gasteiger partial charge is 0.347 e. The van der Waals surface area contributed by atoms with Gasteiger partial charge in [0.1, 0.15) is 0 Å². The number of nitrogens with one attached hydrogen (secondary N) is 1. The third-order valence-electron chi connectivity index (χ3n) is 2.66. The van der Waals surface area contributed by atoms with Crippen molar-refractivity contribution >= 4 is 38.9 Å². The molecule has 0 bridgehead atoms. The molecule has 4 heteroatoms. The summed E-state index contributed by atoms with van der Waals surface area (Å²) in [6.07, 6.45) is 0.847. The number of hydrogen-bond acceptors (Lipinski definition) is 2. The van der Waals surface area contributed by atoms with Crippen molar-refractivity contribution in [2.75, 3.05) is 5.88 Å². The first-order valence-electron chi connectivity index (χ1n) is 5.60. The fourth-order valence-corrected chi connectivity index (χ4v) is 2.86. The molecule has 0 aliphatic heterocycles. The second-order valence-electron chi connectivity index (χ2n) is 3.88. The summed E-state index contributed by atoms with van der Waals surface area (Å²) in [6, 6.07) is 9.97. The Kier molecular flexibility index (Phi) is 4.02. The van der Waals surface area contributed by atoms with Crippen LogP contribution < -0.4 is 5.32 Å². The average Bonchev–Trinajstić information content (AvgIpc) is 2.79. The Labute approximate surface area is 110 Å². The summed E-state index contributed by atoms with van der Waals surface area (Å²) in [5, 5.41) is 4.05. The Balaban J connectivity index is 2.19. The summed E-state index contributed by atoms with van der Waals surface area (Å²) in [7, 11) is 0. The molecule has 0 radical (unpaired) electrons. The molecule has 0 fully saturated rings. The molecule has 0 saturated heterocycles. The molecule has 0 saturated carbocycles. The fourth-order valence-electron chi connectivity index (χ4n) is 1.60. The molecular weight excluding hydrogens is 254 g/mol. The molecule has 1 N–H and O–H groups in total. The Bertz CT molecular complexity index is 486. The first-order chi connectivity index (χ1) is 8.24. The van der Waals surface area contributed by atoms with Crippen LogP contribution in [-0.4, -0.2) is 17.8 Å². The smallest absolute Gasteiger partial charge is 0.261 e. The van der Waals surface area contributed by atoms with E-state index >= 15 is 0 Å². The van der Waals surface area contributed by atoms with Gasteiger partial charge in [-0.25, -0.2) is 0 Å². The lowest BCUT2D eigenvalue weighted by Gasteiger charge is -2.12. The van der Waals surface area contributed by atoms with E-state index in [2.05, 4.69) is 5.32 Å². The van der Waals surface area contributed by atoms with E-state index in [-0.39, 0.29) is 11.9 Å². The van der Waals surface area contributed by atoms with Gasteiger partial charge < -0.3 is 5.32 Å². The maximum Gasteiger partial charge on any atom is 0.261 e. The average molecular weight is 268 g/mol. The maximum absolute atomic E-state index is 12.0. The summed E-state index contributed by atoms with van der Waals surface area (Å²) in [5.41, 5.74) is 0. The van der Waals surface area contributed by atoms with Gasteiger partial charge in [-0.2, -0.15) is 0 Å². The van der Waals surface area contributed by atoms with E-state index in [1.165, 1.54) is 11.3 Å². The molecule has 0 spiro atoms. The van der Waals surface area contributed by atoms with E-state index in [1.807, 2.05) is 37.3 Å². The zero-order chi connectivity index (χ0) is 12.3. The van der Waals surface area contributed by atoms with Gasteiger partial charge in [0.05, 0.1) is 4.88 Å². The molecular formula is C13H14ClNOS. The predicted octanol–water partition coefficient (Wildman–Crippen LogP) is 3.65. The number of benzene rings is 1. The summed E-state index contributed by atoms with van der Waals surface area (Å²) in [6.45, 7) is 2.01. The van der Waals surface area contributed by atoms with E-state index in [0.717, 1.165) is 21.4 Å². The summed E-state index contributed by atoms with van der Waals surface area (Å²) >= 11 is 7.28. The molecule has 1 aromatic carbocycles. The predicted molar refractivity (Wildman–Crippen MR) is 74.1 cm³/mol. The van der Waals surface area contributed by atoms with Crippen LogP contribution in [0.1, 0.15) is 23.0 Å². The molecule has 1 unspecified atom stereocenters. The van der Waals surface area contributed by atoms with E-state index in [9.17, 15) is 4.79 Å². The van der Waals surface area contributed by atoms with Crippen molar-refractivity contribution in [2.45, 2.75) is 19.4 Å². The van der Waals surface area contributed by atoms with E-state index < -0.39 is 0 Å². The van der Waals surface area contributed by atoms with Crippen LogP contribution in [0.3, 0.4) is 0 Å². The Morgan fingerprint density at radius 1 is 1.47 bits per heavy atom. The van der Waals surface area contributed by atoms with Gasteiger partial charge in [-0.15, -0.1) is 22.9 Å². The highest BCUT2D eigenvalue weighted by atomic mass is 35.5.